The molecule has 0 N–H and O–H groups in total. The smallest absolute Gasteiger partial charge is 0.290 e. The first-order valence-corrected chi connectivity index (χ1v) is 5.05. The molecule has 0 unspecified atom stereocenters. The zero-order valence-corrected chi connectivity index (χ0v) is 9.25. The van der Waals surface area contributed by atoms with Gasteiger partial charge in [-0.1, -0.05) is 12.8 Å². The Balaban J connectivity index is 2.76. The number of nitrogens with zero attached hydrogens (tertiary/aromatic N) is 1. The molecule has 0 atom stereocenters. The van der Waals surface area contributed by atoms with Crippen LogP contribution < -0.4 is 0 Å². The van der Waals surface area contributed by atoms with Crippen molar-refractivity contribution in [1.82, 2.24) is 4.90 Å². The fourth-order valence-corrected chi connectivity index (χ4v) is 1.36. The van der Waals surface area contributed by atoms with E-state index in [2.05, 4.69) is 5.92 Å². The number of furan rings is 1. The van der Waals surface area contributed by atoms with E-state index in [-0.39, 0.29) is 23.4 Å². The summed E-state index contributed by atoms with van der Waals surface area (Å²) in [4.78, 5) is 13.4. The minimum Gasteiger partial charge on any atom is -0.440 e. The monoisotopic (exact) mass is 225 g/mol. The summed E-state index contributed by atoms with van der Waals surface area (Å²) in [5, 5.41) is 0.204. The Morgan fingerprint density at radius 1 is 1.67 bits per heavy atom. The maximum Gasteiger partial charge on any atom is 0.290 e. The third kappa shape index (κ3) is 3.03. The molecular formula is C11H12ClNO2. The fraction of sp³-hybridized carbons (Fsp3) is 0.364. The third-order valence-corrected chi connectivity index (χ3v) is 2.05. The van der Waals surface area contributed by atoms with Crippen LogP contribution in [-0.2, 0) is 0 Å². The quantitative estimate of drug-likeness (QED) is 0.738. The molecule has 1 aromatic heterocycles. The first-order valence-electron chi connectivity index (χ1n) is 4.67. The van der Waals surface area contributed by atoms with Crippen molar-refractivity contribution in [1.29, 1.82) is 0 Å². The Hall–Kier alpha value is -1.40. The zero-order chi connectivity index (χ0) is 11.3. The number of halogens is 1. The van der Waals surface area contributed by atoms with E-state index >= 15 is 0 Å². The van der Waals surface area contributed by atoms with Crippen LogP contribution in [0.15, 0.2) is 16.5 Å². The van der Waals surface area contributed by atoms with Gasteiger partial charge >= 0.3 is 0 Å². The summed E-state index contributed by atoms with van der Waals surface area (Å²) in [5.41, 5.74) is 0. The molecule has 1 heterocycles. The molecule has 0 saturated heterocycles. The number of carbonyl (C=O) groups is 1. The Kier molecular flexibility index (Phi) is 4.26. The van der Waals surface area contributed by atoms with Crippen molar-refractivity contribution in [3.05, 3.63) is 23.1 Å². The van der Waals surface area contributed by atoms with E-state index in [1.165, 1.54) is 6.07 Å². The van der Waals surface area contributed by atoms with Crippen molar-refractivity contribution >= 4 is 17.5 Å². The van der Waals surface area contributed by atoms with Gasteiger partial charge in [0.25, 0.3) is 5.91 Å². The van der Waals surface area contributed by atoms with E-state index in [0.717, 1.165) is 6.42 Å². The minimum atomic E-state index is -0.221. The lowest BCUT2D eigenvalue weighted by molar-refractivity contribution is 0.0745. The summed E-state index contributed by atoms with van der Waals surface area (Å²) in [6, 6.07) is 3.08. The second-order valence-corrected chi connectivity index (χ2v) is 3.41. The Labute approximate surface area is 94.0 Å². The molecule has 4 heteroatoms. The molecule has 0 saturated carbocycles. The third-order valence-electron chi connectivity index (χ3n) is 1.85. The first-order chi connectivity index (χ1) is 7.19. The summed E-state index contributed by atoms with van der Waals surface area (Å²) in [6.07, 6.45) is 6.03. The highest BCUT2D eigenvalue weighted by Gasteiger charge is 2.17. The molecule has 0 fully saturated rings. The van der Waals surface area contributed by atoms with Crippen molar-refractivity contribution < 1.29 is 9.21 Å². The lowest BCUT2D eigenvalue weighted by atomic mass is 10.3. The average molecular weight is 226 g/mol. The van der Waals surface area contributed by atoms with Crippen LogP contribution >= 0.6 is 11.6 Å². The van der Waals surface area contributed by atoms with Gasteiger partial charge in [-0.2, -0.15) is 0 Å². The molecule has 3 nitrogen and oxygen atoms in total. The van der Waals surface area contributed by atoms with Gasteiger partial charge in [0.15, 0.2) is 11.0 Å². The lowest BCUT2D eigenvalue weighted by Crippen LogP contribution is -2.31. The van der Waals surface area contributed by atoms with Gasteiger partial charge in [-0.3, -0.25) is 4.79 Å². The molecule has 0 aliphatic carbocycles. The van der Waals surface area contributed by atoms with Gasteiger partial charge < -0.3 is 9.32 Å². The van der Waals surface area contributed by atoms with E-state index in [1.807, 2.05) is 6.92 Å². The van der Waals surface area contributed by atoms with Crippen molar-refractivity contribution in [3.63, 3.8) is 0 Å². The summed E-state index contributed by atoms with van der Waals surface area (Å²) < 4.78 is 5.02. The van der Waals surface area contributed by atoms with E-state index in [1.54, 1.807) is 11.0 Å². The highest BCUT2D eigenvalue weighted by atomic mass is 35.5. The van der Waals surface area contributed by atoms with E-state index in [4.69, 9.17) is 22.4 Å². The van der Waals surface area contributed by atoms with Crippen LogP contribution in [0.1, 0.15) is 23.9 Å². The van der Waals surface area contributed by atoms with E-state index in [0.29, 0.717) is 6.54 Å². The lowest BCUT2D eigenvalue weighted by Gasteiger charge is -2.17. The standard InChI is InChI=1S/C11H12ClNO2/c1-3-7-13(8-4-2)11(14)9-5-6-10(12)15-9/h1,5-6H,4,7-8H2,2H3. The minimum absolute atomic E-state index is 0.204. The molecule has 1 rings (SSSR count). The molecule has 0 aliphatic rings. The average Bonchev–Trinajstić information content (AvgIpc) is 2.63. The highest BCUT2D eigenvalue weighted by Crippen LogP contribution is 2.15. The summed E-state index contributed by atoms with van der Waals surface area (Å²) in [7, 11) is 0. The number of carbonyl (C=O) groups excluding carboxylic acids is 1. The van der Waals surface area contributed by atoms with Crippen LogP contribution in [0.5, 0.6) is 0 Å². The fourth-order valence-electron chi connectivity index (χ4n) is 1.22. The Morgan fingerprint density at radius 3 is 2.87 bits per heavy atom. The van der Waals surface area contributed by atoms with Gasteiger partial charge in [-0.15, -0.1) is 6.42 Å². The van der Waals surface area contributed by atoms with E-state index in [9.17, 15) is 4.79 Å². The molecule has 1 aromatic rings. The van der Waals surface area contributed by atoms with Crippen molar-refractivity contribution in [2.45, 2.75) is 13.3 Å². The van der Waals surface area contributed by atoms with E-state index < -0.39 is 0 Å². The molecule has 0 radical (unpaired) electrons. The zero-order valence-electron chi connectivity index (χ0n) is 8.50. The van der Waals surface area contributed by atoms with Gasteiger partial charge in [0.1, 0.15) is 0 Å². The Bertz CT molecular complexity index is 378. The predicted molar refractivity (Wildman–Crippen MR) is 58.7 cm³/mol. The van der Waals surface area contributed by atoms with Crippen molar-refractivity contribution in [3.8, 4) is 12.3 Å². The summed E-state index contributed by atoms with van der Waals surface area (Å²) in [5.74, 6) is 2.45. The molecule has 0 bridgehead atoms. The maximum absolute atomic E-state index is 11.8. The maximum atomic E-state index is 11.8. The normalized spacial score (nSPS) is 9.67. The van der Waals surface area contributed by atoms with Crippen LogP contribution in [-0.4, -0.2) is 23.9 Å². The van der Waals surface area contributed by atoms with Crippen LogP contribution in [0.3, 0.4) is 0 Å². The molecule has 80 valence electrons. The van der Waals surface area contributed by atoms with Gasteiger partial charge in [0.05, 0.1) is 6.54 Å². The highest BCUT2D eigenvalue weighted by molar-refractivity contribution is 6.29. The van der Waals surface area contributed by atoms with Gasteiger partial charge in [-0.25, -0.2) is 0 Å². The molecular weight excluding hydrogens is 214 g/mol. The second-order valence-electron chi connectivity index (χ2n) is 3.03. The van der Waals surface area contributed by atoms with Crippen LogP contribution in [0.2, 0.25) is 5.22 Å². The number of terminal acetylenes is 1. The van der Waals surface area contributed by atoms with Crippen molar-refractivity contribution in [2.24, 2.45) is 0 Å². The molecule has 0 aromatic carbocycles. The summed E-state index contributed by atoms with van der Waals surface area (Å²) in [6.45, 7) is 2.87. The molecule has 1 amide bonds. The summed E-state index contributed by atoms with van der Waals surface area (Å²) >= 11 is 5.59. The molecule has 15 heavy (non-hydrogen) atoms. The SMILES string of the molecule is C#CCN(CCC)C(=O)c1ccc(Cl)o1. The van der Waals surface area contributed by atoms with Crippen LogP contribution in [0, 0.1) is 12.3 Å². The largest absolute Gasteiger partial charge is 0.440 e. The number of amides is 1. The number of hydrogen-bond donors (Lipinski definition) is 0. The van der Waals surface area contributed by atoms with Gasteiger partial charge in [-0.05, 0) is 30.2 Å². The predicted octanol–water partition coefficient (Wildman–Crippen LogP) is 2.42. The topological polar surface area (TPSA) is 33.5 Å². The number of hydrogen-bond acceptors (Lipinski definition) is 2. The number of rotatable bonds is 4. The van der Waals surface area contributed by atoms with Crippen LogP contribution in [0.4, 0.5) is 0 Å². The first kappa shape index (κ1) is 11.7. The Morgan fingerprint density at radius 2 is 2.40 bits per heavy atom. The molecule has 0 aliphatic heterocycles. The second kappa shape index (κ2) is 5.47. The van der Waals surface area contributed by atoms with Gasteiger partial charge in [0, 0.05) is 6.54 Å². The van der Waals surface area contributed by atoms with Crippen LogP contribution in [0.25, 0.3) is 0 Å². The van der Waals surface area contributed by atoms with Gasteiger partial charge in [0.2, 0.25) is 0 Å². The van der Waals surface area contributed by atoms with Crippen molar-refractivity contribution in [2.75, 3.05) is 13.1 Å². The molecule has 0 spiro atoms.